The van der Waals surface area contributed by atoms with Crippen molar-refractivity contribution in [1.29, 1.82) is 0 Å². The van der Waals surface area contributed by atoms with Crippen LogP contribution in [0.2, 0.25) is 0 Å². The predicted molar refractivity (Wildman–Crippen MR) is 184 cm³/mol. The third-order valence-corrected chi connectivity index (χ3v) is 7.80. The van der Waals surface area contributed by atoms with Gasteiger partial charge in [-0.15, -0.1) is 0 Å². The molecule has 0 aromatic carbocycles. The molecule has 0 aromatic rings. The van der Waals surface area contributed by atoms with Gasteiger partial charge in [-0.05, 0) is 57.8 Å². The molecule has 0 saturated carbocycles. The van der Waals surface area contributed by atoms with Crippen molar-refractivity contribution in [2.45, 2.75) is 180 Å². The lowest BCUT2D eigenvalue weighted by atomic mass is 10.0. The summed E-state index contributed by atoms with van der Waals surface area (Å²) in [6.45, 7) is 4.13. The van der Waals surface area contributed by atoms with Crippen molar-refractivity contribution in [3.63, 3.8) is 0 Å². The number of hydrogen-bond acceptors (Lipinski definition) is 3. The van der Waals surface area contributed by atoms with Crippen molar-refractivity contribution in [1.82, 2.24) is 5.32 Å². The molecule has 0 saturated heterocycles. The molecule has 0 aliphatic carbocycles. The highest BCUT2D eigenvalue weighted by molar-refractivity contribution is 5.76. The molecule has 0 radical (unpaired) electrons. The molecule has 4 heteroatoms. The first-order valence-electron chi connectivity index (χ1n) is 17.9. The van der Waals surface area contributed by atoms with E-state index in [0.29, 0.717) is 6.42 Å². The Morgan fingerprint density at radius 3 is 1.64 bits per heavy atom. The molecule has 0 fully saturated rings. The highest BCUT2D eigenvalue weighted by atomic mass is 16.3. The molecule has 0 heterocycles. The molecule has 0 aliphatic rings. The third-order valence-electron chi connectivity index (χ3n) is 7.80. The summed E-state index contributed by atoms with van der Waals surface area (Å²) in [5.41, 5.74) is 0. The van der Waals surface area contributed by atoms with E-state index in [4.69, 9.17) is 0 Å². The Bertz CT molecular complexity index is 682. The number of carbonyl (C=O) groups excluding carboxylic acids is 1. The summed E-state index contributed by atoms with van der Waals surface area (Å²) in [7, 11) is 0. The van der Waals surface area contributed by atoms with E-state index in [2.05, 4.69) is 55.6 Å². The van der Waals surface area contributed by atoms with Crippen LogP contribution in [0.25, 0.3) is 0 Å². The van der Waals surface area contributed by atoms with Crippen molar-refractivity contribution in [2.24, 2.45) is 0 Å². The number of rotatable bonds is 31. The van der Waals surface area contributed by atoms with Crippen LogP contribution in [-0.4, -0.2) is 34.9 Å². The average molecular weight is 588 g/mol. The Labute approximate surface area is 261 Å². The highest BCUT2D eigenvalue weighted by Crippen LogP contribution is 2.14. The summed E-state index contributed by atoms with van der Waals surface area (Å²) < 4.78 is 0. The molecule has 0 aliphatic heterocycles. The number of nitrogens with one attached hydrogen (secondary N) is 1. The van der Waals surface area contributed by atoms with E-state index < -0.39 is 12.1 Å². The number of aliphatic hydroxyl groups is 2. The lowest BCUT2D eigenvalue weighted by molar-refractivity contribution is -0.123. The molecule has 2 atom stereocenters. The van der Waals surface area contributed by atoms with E-state index in [9.17, 15) is 15.0 Å². The third kappa shape index (κ3) is 29.8. The van der Waals surface area contributed by atoms with Crippen molar-refractivity contribution in [3.8, 4) is 0 Å². The largest absolute Gasteiger partial charge is 0.394 e. The van der Waals surface area contributed by atoms with Crippen LogP contribution in [0.15, 0.2) is 48.6 Å². The Morgan fingerprint density at radius 1 is 0.595 bits per heavy atom. The van der Waals surface area contributed by atoms with Crippen LogP contribution in [-0.2, 0) is 4.79 Å². The Balaban J connectivity index is 3.56. The van der Waals surface area contributed by atoms with Crippen LogP contribution >= 0.6 is 0 Å². The molecule has 0 spiro atoms. The van der Waals surface area contributed by atoms with Gasteiger partial charge in [0.2, 0.25) is 5.91 Å². The van der Waals surface area contributed by atoms with Gasteiger partial charge in [0.05, 0.1) is 18.8 Å². The molecule has 2 unspecified atom stereocenters. The van der Waals surface area contributed by atoms with Gasteiger partial charge in [0, 0.05) is 6.42 Å². The Kier molecular flexibility index (Phi) is 32.5. The van der Waals surface area contributed by atoms with Crippen LogP contribution in [0.1, 0.15) is 168 Å². The summed E-state index contributed by atoms with van der Waals surface area (Å²) in [6, 6.07) is -0.635. The fourth-order valence-electron chi connectivity index (χ4n) is 5.05. The minimum atomic E-state index is -0.858. The van der Waals surface area contributed by atoms with E-state index >= 15 is 0 Å². The number of amides is 1. The van der Waals surface area contributed by atoms with E-state index in [0.717, 1.165) is 44.9 Å². The SMILES string of the molecule is CC/C=C\C/C=C\CCCCCCCCCCCCCCCCC(=O)NC(CO)C(O)/C=C/CC/C=C/CCCCC. The lowest BCUT2D eigenvalue weighted by Gasteiger charge is -2.19. The molecule has 0 aromatic heterocycles. The minimum Gasteiger partial charge on any atom is -0.394 e. The van der Waals surface area contributed by atoms with Crippen molar-refractivity contribution in [3.05, 3.63) is 48.6 Å². The second-order valence-corrected chi connectivity index (χ2v) is 11.9. The van der Waals surface area contributed by atoms with E-state index in [1.807, 2.05) is 6.08 Å². The first-order chi connectivity index (χ1) is 20.7. The molecule has 244 valence electrons. The second-order valence-electron chi connectivity index (χ2n) is 11.9. The minimum absolute atomic E-state index is 0.0798. The van der Waals surface area contributed by atoms with Gasteiger partial charge in [-0.1, -0.05) is 152 Å². The number of aliphatic hydroxyl groups excluding tert-OH is 2. The summed E-state index contributed by atoms with van der Waals surface area (Å²) in [6.07, 6.45) is 44.9. The summed E-state index contributed by atoms with van der Waals surface area (Å²) >= 11 is 0. The zero-order chi connectivity index (χ0) is 30.8. The van der Waals surface area contributed by atoms with Gasteiger partial charge in [0.15, 0.2) is 0 Å². The molecule has 42 heavy (non-hydrogen) atoms. The van der Waals surface area contributed by atoms with Gasteiger partial charge in [0.25, 0.3) is 0 Å². The van der Waals surface area contributed by atoms with Crippen LogP contribution in [0, 0.1) is 0 Å². The number of unbranched alkanes of at least 4 members (excludes halogenated alkanes) is 18. The number of hydrogen-bond donors (Lipinski definition) is 3. The molecule has 4 nitrogen and oxygen atoms in total. The lowest BCUT2D eigenvalue weighted by Crippen LogP contribution is -2.45. The highest BCUT2D eigenvalue weighted by Gasteiger charge is 2.17. The standard InChI is InChI=1S/C38H69NO3/c1-3-5-7-9-11-13-14-15-16-17-18-19-20-21-22-23-24-26-28-30-32-34-38(42)39-36(35-40)37(41)33-31-29-27-25-12-10-8-6-4-2/h5,7,11-13,25,31,33,36-37,40-41H,3-4,6,8-10,14-24,26-30,32,34-35H2,1-2H3,(H,39,42)/b7-5-,13-11-,25-12+,33-31+. The molecular weight excluding hydrogens is 518 g/mol. The van der Waals surface area contributed by atoms with E-state index in [-0.39, 0.29) is 12.5 Å². The number of allylic oxidation sites excluding steroid dienone is 7. The van der Waals surface area contributed by atoms with Crippen molar-refractivity contribution < 1.29 is 15.0 Å². The van der Waals surface area contributed by atoms with Crippen LogP contribution in [0.5, 0.6) is 0 Å². The molecule has 3 N–H and O–H groups in total. The summed E-state index contributed by atoms with van der Waals surface area (Å²) in [5, 5.41) is 22.7. The normalized spacial score (nSPS) is 13.7. The Hall–Kier alpha value is -1.65. The Morgan fingerprint density at radius 2 is 1.07 bits per heavy atom. The smallest absolute Gasteiger partial charge is 0.220 e. The fraction of sp³-hybridized carbons (Fsp3) is 0.763. The predicted octanol–water partition coefficient (Wildman–Crippen LogP) is 10.5. The molecule has 0 bridgehead atoms. The maximum atomic E-state index is 12.3. The monoisotopic (exact) mass is 588 g/mol. The van der Waals surface area contributed by atoms with Crippen molar-refractivity contribution in [2.75, 3.05) is 6.61 Å². The quantitative estimate of drug-likeness (QED) is 0.0558. The average Bonchev–Trinajstić information content (AvgIpc) is 2.99. The van der Waals surface area contributed by atoms with Crippen molar-refractivity contribution >= 4 is 5.91 Å². The second kappa shape index (κ2) is 33.8. The van der Waals surface area contributed by atoms with Crippen LogP contribution in [0.3, 0.4) is 0 Å². The zero-order valence-electron chi connectivity index (χ0n) is 27.8. The van der Waals surface area contributed by atoms with Gasteiger partial charge in [-0.25, -0.2) is 0 Å². The maximum Gasteiger partial charge on any atom is 0.220 e. The van der Waals surface area contributed by atoms with Gasteiger partial charge >= 0.3 is 0 Å². The van der Waals surface area contributed by atoms with Gasteiger partial charge in [-0.2, -0.15) is 0 Å². The van der Waals surface area contributed by atoms with E-state index in [1.54, 1.807) is 6.08 Å². The van der Waals surface area contributed by atoms with Gasteiger partial charge in [-0.3, -0.25) is 4.79 Å². The topological polar surface area (TPSA) is 69.6 Å². The fourth-order valence-corrected chi connectivity index (χ4v) is 5.05. The first kappa shape index (κ1) is 40.4. The first-order valence-corrected chi connectivity index (χ1v) is 17.9. The van der Waals surface area contributed by atoms with Crippen LogP contribution in [0.4, 0.5) is 0 Å². The summed E-state index contributed by atoms with van der Waals surface area (Å²) in [4.78, 5) is 12.3. The maximum absolute atomic E-state index is 12.3. The van der Waals surface area contributed by atoms with Gasteiger partial charge in [0.1, 0.15) is 0 Å². The summed E-state index contributed by atoms with van der Waals surface area (Å²) in [5.74, 6) is -0.0798. The molecular formula is C38H69NO3. The molecule has 0 rings (SSSR count). The molecule has 1 amide bonds. The number of carbonyl (C=O) groups is 1. The van der Waals surface area contributed by atoms with Gasteiger partial charge < -0.3 is 15.5 Å². The van der Waals surface area contributed by atoms with E-state index in [1.165, 1.54) is 103 Å². The van der Waals surface area contributed by atoms with Crippen LogP contribution < -0.4 is 5.32 Å². The zero-order valence-corrected chi connectivity index (χ0v) is 27.8.